The third-order valence-corrected chi connectivity index (χ3v) is 3.25. The summed E-state index contributed by atoms with van der Waals surface area (Å²) in [7, 11) is 0. The van der Waals surface area contributed by atoms with Gasteiger partial charge in [-0.05, 0) is 13.5 Å². The summed E-state index contributed by atoms with van der Waals surface area (Å²) in [6.07, 6.45) is 5.73. The Bertz CT molecular complexity index is 446. The molecule has 0 fully saturated rings. The van der Waals surface area contributed by atoms with Gasteiger partial charge in [-0.3, -0.25) is 0 Å². The van der Waals surface area contributed by atoms with E-state index in [0.29, 0.717) is 0 Å². The summed E-state index contributed by atoms with van der Waals surface area (Å²) in [5.41, 5.74) is 1.22. The lowest BCUT2D eigenvalue weighted by atomic mass is 10.4. The van der Waals surface area contributed by atoms with Crippen molar-refractivity contribution in [1.82, 2.24) is 19.9 Å². The fourth-order valence-corrected chi connectivity index (χ4v) is 2.33. The molecule has 0 saturated heterocycles. The van der Waals surface area contributed by atoms with E-state index < -0.39 is 0 Å². The van der Waals surface area contributed by atoms with Crippen molar-refractivity contribution >= 4 is 11.3 Å². The summed E-state index contributed by atoms with van der Waals surface area (Å²) in [6.45, 7) is 6.85. The van der Waals surface area contributed by atoms with Crippen LogP contribution in [0.15, 0.2) is 18.7 Å². The second kappa shape index (κ2) is 5.23. The molecule has 0 radical (unpaired) electrons. The number of hydrogen-bond donors (Lipinski definition) is 1. The second-order valence-corrected chi connectivity index (χ2v) is 4.96. The smallest absolute Gasteiger partial charge is 0.0952 e. The van der Waals surface area contributed by atoms with Crippen molar-refractivity contribution in [3.63, 3.8) is 0 Å². The third kappa shape index (κ3) is 2.68. The maximum absolute atomic E-state index is 4.26. The topological polar surface area (TPSA) is 42.7 Å². The van der Waals surface area contributed by atoms with Crippen LogP contribution in [0.3, 0.4) is 0 Å². The number of hydrogen-bond acceptors (Lipinski definition) is 4. The summed E-state index contributed by atoms with van der Waals surface area (Å²) in [6, 6.07) is 0. The highest BCUT2D eigenvalue weighted by Crippen LogP contribution is 2.14. The zero-order valence-electron chi connectivity index (χ0n) is 9.60. The Morgan fingerprint density at radius 3 is 3.00 bits per heavy atom. The van der Waals surface area contributed by atoms with Crippen LogP contribution in [0.5, 0.6) is 0 Å². The molecule has 16 heavy (non-hydrogen) atoms. The van der Waals surface area contributed by atoms with Gasteiger partial charge in [-0.25, -0.2) is 9.97 Å². The first kappa shape index (κ1) is 11.3. The van der Waals surface area contributed by atoms with E-state index in [1.165, 1.54) is 10.6 Å². The number of thiazole rings is 1. The summed E-state index contributed by atoms with van der Waals surface area (Å²) in [5, 5.41) is 4.42. The van der Waals surface area contributed by atoms with E-state index in [-0.39, 0.29) is 0 Å². The van der Waals surface area contributed by atoms with Gasteiger partial charge in [-0.2, -0.15) is 0 Å². The monoisotopic (exact) mass is 236 g/mol. The van der Waals surface area contributed by atoms with Crippen LogP contribution in [0.2, 0.25) is 0 Å². The van der Waals surface area contributed by atoms with Crippen LogP contribution in [-0.4, -0.2) is 21.1 Å². The molecular formula is C11H16N4S. The summed E-state index contributed by atoms with van der Waals surface area (Å²) in [4.78, 5) is 9.71. The van der Waals surface area contributed by atoms with Gasteiger partial charge in [0.2, 0.25) is 0 Å². The van der Waals surface area contributed by atoms with Crippen molar-refractivity contribution in [1.29, 1.82) is 0 Å². The van der Waals surface area contributed by atoms with Crippen LogP contribution in [0.4, 0.5) is 0 Å². The lowest BCUT2D eigenvalue weighted by Gasteiger charge is -2.06. The molecule has 0 bridgehead atoms. The number of rotatable bonds is 5. The van der Waals surface area contributed by atoms with Gasteiger partial charge in [0.25, 0.3) is 0 Å². The number of aromatic nitrogens is 3. The van der Waals surface area contributed by atoms with Crippen LogP contribution in [0.25, 0.3) is 0 Å². The Kier molecular flexibility index (Phi) is 3.69. The van der Waals surface area contributed by atoms with Crippen LogP contribution in [-0.2, 0) is 13.1 Å². The van der Waals surface area contributed by atoms with Gasteiger partial charge in [-0.1, -0.05) is 6.92 Å². The van der Waals surface area contributed by atoms with E-state index in [9.17, 15) is 0 Å². The number of aryl methyl sites for hydroxylation is 1. The fourth-order valence-electron chi connectivity index (χ4n) is 1.54. The molecule has 0 saturated carbocycles. The number of nitrogens with zero attached hydrogens (tertiary/aromatic N) is 3. The van der Waals surface area contributed by atoms with E-state index in [4.69, 9.17) is 0 Å². The largest absolute Gasteiger partial charge is 0.328 e. The minimum Gasteiger partial charge on any atom is -0.328 e. The molecule has 2 aromatic heterocycles. The Morgan fingerprint density at radius 1 is 1.44 bits per heavy atom. The standard InChI is InChI=1S/C11H16N4S/c1-3-12-4-10-5-13-8-15(10)7-11-6-14-9(2)16-11/h5-6,8,12H,3-4,7H2,1-2H3. The van der Waals surface area contributed by atoms with E-state index in [1.807, 2.05) is 25.6 Å². The molecule has 0 aliphatic heterocycles. The fraction of sp³-hybridized carbons (Fsp3) is 0.455. The Balaban J connectivity index is 2.06. The minimum absolute atomic E-state index is 0.867. The van der Waals surface area contributed by atoms with Crippen LogP contribution in [0, 0.1) is 6.92 Å². The zero-order valence-corrected chi connectivity index (χ0v) is 10.4. The molecule has 0 spiro atoms. The van der Waals surface area contributed by atoms with Crippen molar-refractivity contribution in [2.75, 3.05) is 6.54 Å². The summed E-state index contributed by atoms with van der Waals surface area (Å²) < 4.78 is 2.16. The van der Waals surface area contributed by atoms with Crippen molar-refractivity contribution in [2.45, 2.75) is 26.9 Å². The van der Waals surface area contributed by atoms with Crippen molar-refractivity contribution in [3.8, 4) is 0 Å². The molecule has 0 atom stereocenters. The maximum atomic E-state index is 4.26. The van der Waals surface area contributed by atoms with Crippen LogP contribution < -0.4 is 5.32 Å². The molecule has 2 heterocycles. The highest BCUT2D eigenvalue weighted by molar-refractivity contribution is 7.11. The van der Waals surface area contributed by atoms with Gasteiger partial charge >= 0.3 is 0 Å². The Hall–Kier alpha value is -1.20. The average molecular weight is 236 g/mol. The first-order chi connectivity index (χ1) is 7.79. The molecule has 0 aliphatic carbocycles. The van der Waals surface area contributed by atoms with Gasteiger partial charge in [0.05, 0.1) is 23.6 Å². The number of imidazole rings is 1. The predicted octanol–water partition coefficient (Wildman–Crippen LogP) is 1.81. The normalized spacial score (nSPS) is 10.9. The van der Waals surface area contributed by atoms with Gasteiger partial charge in [-0.15, -0.1) is 11.3 Å². The molecule has 4 nitrogen and oxygen atoms in total. The third-order valence-electron chi connectivity index (χ3n) is 2.35. The van der Waals surface area contributed by atoms with Gasteiger partial charge in [0, 0.05) is 23.8 Å². The minimum atomic E-state index is 0.867. The molecule has 2 rings (SSSR count). The molecule has 5 heteroatoms. The van der Waals surface area contributed by atoms with Crippen molar-refractivity contribution in [2.24, 2.45) is 0 Å². The summed E-state index contributed by atoms with van der Waals surface area (Å²) >= 11 is 1.74. The lowest BCUT2D eigenvalue weighted by Crippen LogP contribution is -2.15. The second-order valence-electron chi connectivity index (χ2n) is 3.64. The molecule has 0 unspecified atom stereocenters. The van der Waals surface area contributed by atoms with Crippen molar-refractivity contribution < 1.29 is 0 Å². The Morgan fingerprint density at radius 2 is 2.31 bits per heavy atom. The molecule has 0 amide bonds. The Labute approximate surface area is 99.4 Å². The molecule has 0 aromatic carbocycles. The molecule has 2 aromatic rings. The van der Waals surface area contributed by atoms with Gasteiger partial charge in [0.15, 0.2) is 0 Å². The van der Waals surface area contributed by atoms with Gasteiger partial charge in [0.1, 0.15) is 0 Å². The predicted molar refractivity (Wildman–Crippen MR) is 65.6 cm³/mol. The highest BCUT2D eigenvalue weighted by atomic mass is 32.1. The van der Waals surface area contributed by atoms with E-state index >= 15 is 0 Å². The van der Waals surface area contributed by atoms with E-state index in [0.717, 1.165) is 24.6 Å². The highest BCUT2D eigenvalue weighted by Gasteiger charge is 2.04. The average Bonchev–Trinajstić information content (AvgIpc) is 2.86. The molecule has 86 valence electrons. The first-order valence-corrected chi connectivity index (χ1v) is 6.22. The van der Waals surface area contributed by atoms with E-state index in [1.54, 1.807) is 11.3 Å². The SMILES string of the molecule is CCNCc1cncn1Cc1cnc(C)s1. The number of nitrogens with one attached hydrogen (secondary N) is 1. The first-order valence-electron chi connectivity index (χ1n) is 5.40. The van der Waals surface area contributed by atoms with Gasteiger partial charge < -0.3 is 9.88 Å². The maximum Gasteiger partial charge on any atom is 0.0952 e. The quantitative estimate of drug-likeness (QED) is 0.861. The zero-order chi connectivity index (χ0) is 11.4. The van der Waals surface area contributed by atoms with Crippen molar-refractivity contribution in [3.05, 3.63) is 34.3 Å². The molecule has 1 N–H and O–H groups in total. The molecular weight excluding hydrogens is 220 g/mol. The lowest BCUT2D eigenvalue weighted by molar-refractivity contribution is 0.659. The summed E-state index contributed by atoms with van der Waals surface area (Å²) in [5.74, 6) is 0. The van der Waals surface area contributed by atoms with E-state index in [2.05, 4.69) is 26.8 Å². The van der Waals surface area contributed by atoms with Crippen LogP contribution in [0.1, 0.15) is 22.5 Å². The van der Waals surface area contributed by atoms with Crippen LogP contribution >= 0.6 is 11.3 Å². The molecule has 0 aliphatic rings.